The van der Waals surface area contributed by atoms with E-state index in [0.29, 0.717) is 0 Å². The van der Waals surface area contributed by atoms with E-state index in [1.807, 2.05) is 18.2 Å². The van der Waals surface area contributed by atoms with Crippen LogP contribution in [0.1, 0.15) is 22.3 Å². The van der Waals surface area contributed by atoms with Gasteiger partial charge >= 0.3 is 0 Å². The molecule has 0 bridgehead atoms. The molecule has 0 radical (unpaired) electrons. The number of aryl methyl sites for hydroxylation is 1. The monoisotopic (exact) mass is 419 g/mol. The second-order valence-electron chi connectivity index (χ2n) is 7.43. The van der Waals surface area contributed by atoms with Gasteiger partial charge in [-0.25, -0.2) is 4.39 Å². The van der Waals surface area contributed by atoms with Gasteiger partial charge in [0.2, 0.25) is 0 Å². The van der Waals surface area contributed by atoms with Crippen LogP contribution in [0.3, 0.4) is 0 Å². The molecule has 0 aliphatic carbocycles. The van der Waals surface area contributed by atoms with E-state index in [4.69, 9.17) is 11.6 Å². The molecule has 0 saturated carbocycles. The average molecular weight is 420 g/mol. The van der Waals surface area contributed by atoms with Crippen molar-refractivity contribution in [2.45, 2.75) is 12.8 Å². The van der Waals surface area contributed by atoms with Gasteiger partial charge in [0.05, 0.1) is 16.1 Å². The maximum Gasteiger partial charge on any atom is 0.271 e. The number of carbonyl (C=O) groups excluding carboxylic acids is 1. The summed E-state index contributed by atoms with van der Waals surface area (Å²) >= 11 is 6.07. The number of amides is 1. The maximum absolute atomic E-state index is 13.6. The third-order valence-corrected chi connectivity index (χ3v) is 5.79. The molecule has 1 amide bonds. The molecule has 150 valence electrons. The van der Waals surface area contributed by atoms with E-state index in [2.05, 4.69) is 35.0 Å². The van der Waals surface area contributed by atoms with Crippen LogP contribution in [0.25, 0.3) is 22.0 Å². The Kier molecular flexibility index (Phi) is 4.68. The lowest BCUT2D eigenvalue weighted by Gasteiger charge is -2.19. The quantitative estimate of drug-likeness (QED) is 0.438. The largest absolute Gasteiger partial charge is 0.385 e. The minimum absolute atomic E-state index is 0.0943. The molecule has 4 nitrogen and oxygen atoms in total. The minimum atomic E-state index is -0.508. The van der Waals surface area contributed by atoms with Crippen molar-refractivity contribution in [1.82, 2.24) is 4.68 Å². The third-order valence-electron chi connectivity index (χ3n) is 5.47. The molecule has 6 heteroatoms. The summed E-state index contributed by atoms with van der Waals surface area (Å²) in [5, 5.41) is 4.62. The zero-order chi connectivity index (χ0) is 20.7. The van der Waals surface area contributed by atoms with E-state index in [1.54, 1.807) is 10.9 Å². The van der Waals surface area contributed by atoms with Gasteiger partial charge in [-0.1, -0.05) is 29.8 Å². The number of anilines is 1. The second kappa shape index (κ2) is 7.50. The van der Waals surface area contributed by atoms with Gasteiger partial charge in [0.15, 0.2) is 0 Å². The second-order valence-corrected chi connectivity index (χ2v) is 7.83. The summed E-state index contributed by atoms with van der Waals surface area (Å²) in [6.45, 7) is 1.01. The van der Waals surface area contributed by atoms with E-state index in [0.717, 1.165) is 47.5 Å². The number of nitrogens with one attached hydrogen (secondary N) is 2. The smallest absolute Gasteiger partial charge is 0.271 e. The number of carbonyl (C=O) groups is 1. The van der Waals surface area contributed by atoms with Crippen molar-refractivity contribution >= 4 is 34.1 Å². The molecule has 4 aromatic rings. The first-order valence-electron chi connectivity index (χ1n) is 9.83. The predicted molar refractivity (Wildman–Crippen MR) is 119 cm³/mol. The molecule has 2 heterocycles. The topological polar surface area (TPSA) is 46.1 Å². The Bertz CT molecular complexity index is 1280. The lowest BCUT2D eigenvalue weighted by atomic mass is 9.97. The lowest BCUT2D eigenvalue weighted by molar-refractivity contribution is 0.101. The van der Waals surface area contributed by atoms with Crippen LogP contribution in [0.4, 0.5) is 10.1 Å². The molecule has 3 aromatic carbocycles. The minimum Gasteiger partial charge on any atom is -0.385 e. The zero-order valence-corrected chi connectivity index (χ0v) is 16.8. The van der Waals surface area contributed by atoms with Crippen molar-refractivity contribution in [3.8, 4) is 11.1 Å². The Morgan fingerprint density at radius 1 is 1.03 bits per heavy atom. The van der Waals surface area contributed by atoms with Crippen LogP contribution in [-0.4, -0.2) is 17.1 Å². The first-order chi connectivity index (χ1) is 14.6. The molecule has 0 unspecified atom stereocenters. The van der Waals surface area contributed by atoms with Gasteiger partial charge in [-0.3, -0.25) is 14.9 Å². The molecule has 1 aromatic heterocycles. The predicted octanol–water partition coefficient (Wildman–Crippen LogP) is 5.84. The van der Waals surface area contributed by atoms with Crippen LogP contribution in [0, 0.1) is 5.82 Å². The van der Waals surface area contributed by atoms with Crippen molar-refractivity contribution in [3.63, 3.8) is 0 Å². The van der Waals surface area contributed by atoms with E-state index in [9.17, 15) is 9.18 Å². The van der Waals surface area contributed by atoms with Crippen molar-refractivity contribution in [1.29, 1.82) is 0 Å². The van der Waals surface area contributed by atoms with Gasteiger partial charge in [0.25, 0.3) is 5.91 Å². The fraction of sp³-hybridized carbons (Fsp3) is 0.125. The highest BCUT2D eigenvalue weighted by Gasteiger charge is 2.14. The molecule has 1 aliphatic rings. The van der Waals surface area contributed by atoms with Crippen LogP contribution >= 0.6 is 11.6 Å². The number of fused-ring (bicyclic) bond motifs is 2. The first-order valence-corrected chi connectivity index (χ1v) is 10.2. The Balaban J connectivity index is 1.49. The third kappa shape index (κ3) is 3.42. The molecule has 2 N–H and O–H groups in total. The Labute approximate surface area is 178 Å². The number of hydrogen-bond donors (Lipinski definition) is 2. The summed E-state index contributed by atoms with van der Waals surface area (Å²) in [6, 6.07) is 18.3. The van der Waals surface area contributed by atoms with Crippen LogP contribution in [-0.2, 0) is 6.42 Å². The fourth-order valence-corrected chi connectivity index (χ4v) is 4.10. The Morgan fingerprint density at radius 3 is 2.77 bits per heavy atom. The Morgan fingerprint density at radius 2 is 1.87 bits per heavy atom. The number of halogens is 2. The zero-order valence-electron chi connectivity index (χ0n) is 16.1. The van der Waals surface area contributed by atoms with Crippen molar-refractivity contribution in [3.05, 3.63) is 88.8 Å². The van der Waals surface area contributed by atoms with Gasteiger partial charge < -0.3 is 5.32 Å². The highest BCUT2D eigenvalue weighted by molar-refractivity contribution is 6.34. The molecular formula is C24H19ClFN3O. The summed E-state index contributed by atoms with van der Waals surface area (Å²) < 4.78 is 15.2. The van der Waals surface area contributed by atoms with Crippen LogP contribution in [0.15, 0.2) is 66.9 Å². The first kappa shape index (κ1) is 18.7. The lowest BCUT2D eigenvalue weighted by Crippen LogP contribution is -2.22. The highest BCUT2D eigenvalue weighted by Crippen LogP contribution is 2.30. The number of nitrogens with zero attached hydrogens (tertiary/aromatic N) is 1. The van der Waals surface area contributed by atoms with Crippen molar-refractivity contribution in [2.24, 2.45) is 0 Å². The maximum atomic E-state index is 13.6. The van der Waals surface area contributed by atoms with Gasteiger partial charge in [-0.2, -0.15) is 0 Å². The molecule has 0 atom stereocenters. The SMILES string of the molecule is O=C(Nn1ccc2ccc(-c3ccc4c(c3)CCCN4)cc21)c1cc(F)ccc1Cl. The standard InChI is InChI=1S/C24H19ClFN3O/c25-21-7-6-19(26)14-20(21)24(30)28-29-11-9-15-3-4-17(13-23(15)29)16-5-8-22-18(12-16)2-1-10-27-22/h3-9,11-14,27H,1-2,10H2,(H,28,30). The molecule has 5 rings (SSSR count). The fourth-order valence-electron chi connectivity index (χ4n) is 3.90. The molecule has 30 heavy (non-hydrogen) atoms. The number of rotatable bonds is 3. The number of benzene rings is 3. The van der Waals surface area contributed by atoms with Crippen molar-refractivity contribution < 1.29 is 9.18 Å². The van der Waals surface area contributed by atoms with Gasteiger partial charge in [0, 0.05) is 23.8 Å². The van der Waals surface area contributed by atoms with Gasteiger partial charge in [0.1, 0.15) is 5.82 Å². The van der Waals surface area contributed by atoms with E-state index < -0.39 is 11.7 Å². The molecule has 0 saturated heterocycles. The van der Waals surface area contributed by atoms with E-state index in [1.165, 1.54) is 23.4 Å². The normalized spacial score (nSPS) is 13.0. The van der Waals surface area contributed by atoms with Crippen LogP contribution in [0.5, 0.6) is 0 Å². The van der Waals surface area contributed by atoms with Crippen LogP contribution in [0.2, 0.25) is 5.02 Å². The molecular weight excluding hydrogens is 401 g/mol. The Hall–Kier alpha value is -3.31. The highest BCUT2D eigenvalue weighted by atomic mass is 35.5. The molecule has 0 fully saturated rings. The number of aromatic nitrogens is 1. The van der Waals surface area contributed by atoms with Crippen LogP contribution < -0.4 is 10.7 Å². The van der Waals surface area contributed by atoms with E-state index in [-0.39, 0.29) is 10.6 Å². The van der Waals surface area contributed by atoms with Gasteiger partial charge in [-0.15, -0.1) is 0 Å². The summed E-state index contributed by atoms with van der Waals surface area (Å²) in [7, 11) is 0. The number of hydrogen-bond acceptors (Lipinski definition) is 2. The summed E-state index contributed by atoms with van der Waals surface area (Å²) in [4.78, 5) is 12.7. The van der Waals surface area contributed by atoms with E-state index >= 15 is 0 Å². The average Bonchev–Trinajstić information content (AvgIpc) is 3.17. The summed E-state index contributed by atoms with van der Waals surface area (Å²) in [5.74, 6) is -0.978. The summed E-state index contributed by atoms with van der Waals surface area (Å²) in [5.41, 5.74) is 8.46. The van der Waals surface area contributed by atoms with Crippen molar-refractivity contribution in [2.75, 3.05) is 17.3 Å². The molecule has 1 aliphatic heterocycles. The molecule has 0 spiro atoms. The van der Waals surface area contributed by atoms with Gasteiger partial charge in [-0.05, 0) is 72.0 Å². The summed E-state index contributed by atoms with van der Waals surface area (Å²) in [6.07, 6.45) is 3.97.